The molecule has 1 aliphatic rings. The van der Waals surface area contributed by atoms with Crippen molar-refractivity contribution in [3.8, 4) is 0 Å². The number of hydrogen-bond donors (Lipinski definition) is 1. The van der Waals surface area contributed by atoms with Gasteiger partial charge in [-0.2, -0.15) is 0 Å². The minimum Gasteiger partial charge on any atom is -0.481 e. The summed E-state index contributed by atoms with van der Waals surface area (Å²) < 4.78 is 5.15. The van der Waals surface area contributed by atoms with Gasteiger partial charge in [-0.3, -0.25) is 14.4 Å². The van der Waals surface area contributed by atoms with Gasteiger partial charge in [-0.25, -0.2) is 0 Å². The zero-order chi connectivity index (χ0) is 14.3. The smallest absolute Gasteiger partial charge is 0.303 e. The number of rotatable bonds is 6. The Hall–Kier alpha value is -1.63. The van der Waals surface area contributed by atoms with Crippen LogP contribution in [0.15, 0.2) is 0 Å². The number of carbonyl (C=O) groups is 3. The predicted octanol–water partition coefficient (Wildman–Crippen LogP) is -0.441. The van der Waals surface area contributed by atoms with E-state index in [2.05, 4.69) is 0 Å². The summed E-state index contributed by atoms with van der Waals surface area (Å²) in [5.74, 6) is -1.25. The van der Waals surface area contributed by atoms with Gasteiger partial charge in [0.15, 0.2) is 0 Å². The van der Waals surface area contributed by atoms with Crippen LogP contribution in [-0.4, -0.2) is 72.6 Å². The highest BCUT2D eigenvalue weighted by atomic mass is 16.5. The fourth-order valence-corrected chi connectivity index (χ4v) is 1.76. The molecule has 0 saturated carbocycles. The van der Waals surface area contributed by atoms with E-state index < -0.39 is 5.97 Å². The first kappa shape index (κ1) is 15.4. The molecule has 7 heteroatoms. The maximum atomic E-state index is 11.8. The van der Waals surface area contributed by atoms with Crippen LogP contribution < -0.4 is 0 Å². The van der Waals surface area contributed by atoms with Gasteiger partial charge in [0.2, 0.25) is 11.8 Å². The Morgan fingerprint density at radius 1 is 1.16 bits per heavy atom. The number of aliphatic carboxylic acids is 1. The van der Waals surface area contributed by atoms with Gasteiger partial charge in [0.05, 0.1) is 19.6 Å². The Morgan fingerprint density at radius 2 is 1.79 bits per heavy atom. The van der Waals surface area contributed by atoms with E-state index in [1.165, 1.54) is 4.90 Å². The fourth-order valence-electron chi connectivity index (χ4n) is 1.76. The van der Waals surface area contributed by atoms with Gasteiger partial charge in [0.1, 0.15) is 0 Å². The van der Waals surface area contributed by atoms with E-state index in [1.54, 1.807) is 11.9 Å². The molecule has 0 aromatic rings. The topological polar surface area (TPSA) is 87.2 Å². The lowest BCUT2D eigenvalue weighted by atomic mass is 10.2. The zero-order valence-corrected chi connectivity index (χ0v) is 11.1. The third kappa shape index (κ3) is 5.69. The molecule has 2 amide bonds. The van der Waals surface area contributed by atoms with Crippen LogP contribution in [0.3, 0.4) is 0 Å². The summed E-state index contributed by atoms with van der Waals surface area (Å²) in [7, 11) is 1.58. The summed E-state index contributed by atoms with van der Waals surface area (Å²) in [4.78, 5) is 36.9. The maximum absolute atomic E-state index is 11.8. The van der Waals surface area contributed by atoms with Crippen LogP contribution in [0, 0.1) is 0 Å². The molecule has 0 unspecified atom stereocenters. The van der Waals surface area contributed by atoms with Crippen LogP contribution in [0.1, 0.15) is 19.3 Å². The average molecular weight is 272 g/mol. The number of carbonyl (C=O) groups excluding carboxylic acids is 2. The number of carboxylic acids is 1. The highest BCUT2D eigenvalue weighted by molar-refractivity contribution is 5.81. The minimum absolute atomic E-state index is 0.00110. The summed E-state index contributed by atoms with van der Waals surface area (Å²) in [6, 6.07) is 0. The van der Waals surface area contributed by atoms with Gasteiger partial charge < -0.3 is 19.6 Å². The molecule has 0 aromatic carbocycles. The molecule has 0 bridgehead atoms. The number of hydrogen-bond acceptors (Lipinski definition) is 4. The summed E-state index contributed by atoms with van der Waals surface area (Å²) in [6.45, 7) is 2.61. The van der Waals surface area contributed by atoms with Crippen LogP contribution in [-0.2, 0) is 19.1 Å². The van der Waals surface area contributed by atoms with E-state index in [-0.39, 0.29) is 31.1 Å². The first-order valence-electron chi connectivity index (χ1n) is 6.32. The van der Waals surface area contributed by atoms with Gasteiger partial charge in [0.25, 0.3) is 0 Å². The van der Waals surface area contributed by atoms with Crippen molar-refractivity contribution in [1.29, 1.82) is 0 Å². The molecule has 1 rings (SSSR count). The van der Waals surface area contributed by atoms with E-state index in [9.17, 15) is 14.4 Å². The Balaban J connectivity index is 2.24. The lowest BCUT2D eigenvalue weighted by Crippen LogP contribution is -2.42. The normalized spacial score (nSPS) is 15.1. The SMILES string of the molecule is CN(CCC(=O)N1CCOCC1)C(=O)CCC(=O)O. The summed E-state index contributed by atoms with van der Waals surface area (Å²) in [6.07, 6.45) is 0.0491. The molecule has 108 valence electrons. The lowest BCUT2D eigenvalue weighted by Gasteiger charge is -2.27. The predicted molar refractivity (Wildman–Crippen MR) is 66.5 cm³/mol. The second-order valence-corrected chi connectivity index (χ2v) is 4.45. The van der Waals surface area contributed by atoms with Gasteiger partial charge in [0, 0.05) is 39.5 Å². The van der Waals surface area contributed by atoms with Crippen molar-refractivity contribution >= 4 is 17.8 Å². The van der Waals surface area contributed by atoms with Gasteiger partial charge >= 0.3 is 5.97 Å². The van der Waals surface area contributed by atoms with Crippen molar-refractivity contribution in [2.45, 2.75) is 19.3 Å². The second-order valence-electron chi connectivity index (χ2n) is 4.45. The van der Waals surface area contributed by atoms with Crippen LogP contribution in [0.2, 0.25) is 0 Å². The molecule has 0 radical (unpaired) electrons. The quantitative estimate of drug-likeness (QED) is 0.708. The Kier molecular flexibility index (Phi) is 6.27. The van der Waals surface area contributed by atoms with Crippen LogP contribution in [0.4, 0.5) is 0 Å². The van der Waals surface area contributed by atoms with Gasteiger partial charge in [-0.15, -0.1) is 0 Å². The Morgan fingerprint density at radius 3 is 2.37 bits per heavy atom. The van der Waals surface area contributed by atoms with E-state index in [0.29, 0.717) is 32.8 Å². The van der Waals surface area contributed by atoms with Crippen molar-refractivity contribution in [2.24, 2.45) is 0 Å². The van der Waals surface area contributed by atoms with Crippen molar-refractivity contribution in [2.75, 3.05) is 39.9 Å². The molecule has 0 spiro atoms. The lowest BCUT2D eigenvalue weighted by molar-refractivity contribution is -0.141. The molecule has 1 fully saturated rings. The Bertz CT molecular complexity index is 339. The fraction of sp³-hybridized carbons (Fsp3) is 0.750. The number of nitrogens with zero attached hydrogens (tertiary/aromatic N) is 2. The third-order valence-electron chi connectivity index (χ3n) is 3.00. The van der Waals surface area contributed by atoms with Crippen LogP contribution in [0.5, 0.6) is 0 Å². The molecule has 7 nitrogen and oxygen atoms in total. The zero-order valence-electron chi connectivity index (χ0n) is 11.1. The van der Waals surface area contributed by atoms with Crippen molar-refractivity contribution < 1.29 is 24.2 Å². The number of ether oxygens (including phenoxy) is 1. The van der Waals surface area contributed by atoms with E-state index in [4.69, 9.17) is 9.84 Å². The second kappa shape index (κ2) is 7.73. The molecule has 19 heavy (non-hydrogen) atoms. The first-order valence-corrected chi connectivity index (χ1v) is 6.32. The molecular weight excluding hydrogens is 252 g/mol. The van der Waals surface area contributed by atoms with Gasteiger partial charge in [-0.1, -0.05) is 0 Å². The standard InChI is InChI=1S/C12H20N2O5/c1-13(10(15)2-3-12(17)18)5-4-11(16)14-6-8-19-9-7-14/h2-9H2,1H3,(H,17,18). The monoisotopic (exact) mass is 272 g/mol. The van der Waals surface area contributed by atoms with Crippen LogP contribution >= 0.6 is 0 Å². The first-order chi connectivity index (χ1) is 9.00. The average Bonchev–Trinajstić information content (AvgIpc) is 2.42. The largest absolute Gasteiger partial charge is 0.481 e. The highest BCUT2D eigenvalue weighted by Gasteiger charge is 2.18. The van der Waals surface area contributed by atoms with Gasteiger partial charge in [-0.05, 0) is 0 Å². The molecule has 1 aliphatic heterocycles. The van der Waals surface area contributed by atoms with E-state index in [0.717, 1.165) is 0 Å². The Labute approximate surface area is 112 Å². The molecule has 0 aromatic heterocycles. The van der Waals surface area contributed by atoms with Crippen molar-refractivity contribution in [1.82, 2.24) is 9.80 Å². The van der Waals surface area contributed by atoms with Crippen molar-refractivity contribution in [3.05, 3.63) is 0 Å². The van der Waals surface area contributed by atoms with E-state index in [1.807, 2.05) is 0 Å². The number of carboxylic acid groups (broad SMARTS) is 1. The molecule has 0 aliphatic carbocycles. The minimum atomic E-state index is -0.994. The third-order valence-corrected chi connectivity index (χ3v) is 3.00. The number of morpholine rings is 1. The number of amides is 2. The van der Waals surface area contributed by atoms with E-state index >= 15 is 0 Å². The maximum Gasteiger partial charge on any atom is 0.303 e. The highest BCUT2D eigenvalue weighted by Crippen LogP contribution is 2.02. The molecular formula is C12H20N2O5. The summed E-state index contributed by atoms with van der Waals surface area (Å²) >= 11 is 0. The summed E-state index contributed by atoms with van der Waals surface area (Å²) in [5, 5.41) is 8.49. The molecule has 1 N–H and O–H groups in total. The molecule has 1 saturated heterocycles. The van der Waals surface area contributed by atoms with Crippen LogP contribution in [0.25, 0.3) is 0 Å². The summed E-state index contributed by atoms with van der Waals surface area (Å²) in [5.41, 5.74) is 0. The molecule has 0 atom stereocenters. The molecule has 1 heterocycles. The van der Waals surface area contributed by atoms with Crippen molar-refractivity contribution in [3.63, 3.8) is 0 Å².